The third-order valence-corrected chi connectivity index (χ3v) is 19.5. The van der Waals surface area contributed by atoms with E-state index in [1.807, 2.05) is 0 Å². The molecule has 1 aromatic carbocycles. The number of aliphatic hydroxyl groups excluding tert-OH is 3. The average molecular weight is 1670 g/mol. The maximum Gasteiger partial charge on any atom is 0.409 e. The van der Waals surface area contributed by atoms with Crippen LogP contribution in [0.15, 0.2) is 18.2 Å². The second kappa shape index (κ2) is 46.3. The minimum Gasteiger partial charge on any atom is -0.479 e. The summed E-state index contributed by atoms with van der Waals surface area (Å²) in [5.41, 5.74) is -0.748. The first-order chi connectivity index (χ1) is 54.5. The molecule has 0 bridgehead atoms. The summed E-state index contributed by atoms with van der Waals surface area (Å²) in [5.74, 6) is -21.3. The first-order valence-corrected chi connectivity index (χ1v) is 39.5. The van der Waals surface area contributed by atoms with E-state index in [9.17, 15) is 102 Å². The lowest BCUT2D eigenvalue weighted by Gasteiger charge is -2.38. The molecule has 3 aliphatic rings. The molecule has 1 saturated carbocycles. The maximum atomic E-state index is 15.0. The summed E-state index contributed by atoms with van der Waals surface area (Å²) in [5, 5.41) is 67.3. The number of esters is 7. The summed E-state index contributed by atoms with van der Waals surface area (Å²) >= 11 is 0. The van der Waals surface area contributed by atoms with E-state index in [1.165, 1.54) is 61.6 Å². The highest BCUT2D eigenvalue weighted by molar-refractivity contribution is 5.96. The summed E-state index contributed by atoms with van der Waals surface area (Å²) in [4.78, 5) is 222. The highest BCUT2D eigenvalue weighted by atomic mass is 16.7. The number of nitro benzene ring substituents is 1. The predicted molar refractivity (Wildman–Crippen MR) is 408 cm³/mol. The first-order valence-electron chi connectivity index (χ1n) is 39.5. The van der Waals surface area contributed by atoms with Crippen LogP contribution in [0, 0.1) is 57.5 Å². The van der Waals surface area contributed by atoms with Crippen molar-refractivity contribution >= 4 is 95.0 Å². The van der Waals surface area contributed by atoms with Crippen LogP contribution < -0.4 is 36.6 Å². The molecule has 117 heavy (non-hydrogen) atoms. The fourth-order valence-corrected chi connectivity index (χ4v) is 12.5. The van der Waals surface area contributed by atoms with Crippen molar-refractivity contribution in [3.05, 3.63) is 33.9 Å². The van der Waals surface area contributed by atoms with Crippen LogP contribution in [0.1, 0.15) is 194 Å². The minimum atomic E-state index is -2.08. The van der Waals surface area contributed by atoms with Crippen LogP contribution in [-0.2, 0) is 116 Å². The number of hydrogen-bond donors (Lipinski definition) is 10. The number of hydrogen-bond acceptors (Lipinski definition) is 30. The molecule has 39 nitrogen and oxygen atoms in total. The molecule has 7 amide bonds. The number of nitrogens with zero attached hydrogens (tertiary/aromatic N) is 2. The van der Waals surface area contributed by atoms with E-state index in [0.717, 1.165) is 43.2 Å². The van der Waals surface area contributed by atoms with Gasteiger partial charge in [-0.05, 0) is 112 Å². The SMILES string of the molecule is CC(C)C[C@H]1OC(=O)[C@H](C(C)C)NC(=O)[C@H](C)OC(=O)[C@@H](C(C)C)NC(=O)[C@@H](CC2CCCCC2)OC(=O)[C@H]([C@@H](C)OC(=O)CCCN(C)C(=O)OCc2ccc(O[C@@H]3O[C@H](C(=O)O)[C@@H](O)[C@H](O)[C@H]3O)c([N+](=O)[O-])c2)NC(=O)[C@H](C)OC(=O)[C@@H](C(C)C)NC(=O)[C@@H](CC(C)C)OC(=O)[C@H](C(C)C)NC(=O)[C@H](C)OC(=O)[C@@H](C(C)C)NC1=O. The molecule has 0 radical (unpaired) electrons. The van der Waals surface area contributed by atoms with Gasteiger partial charge in [-0.2, -0.15) is 0 Å². The van der Waals surface area contributed by atoms with E-state index in [4.69, 9.17) is 47.4 Å². The van der Waals surface area contributed by atoms with Crippen molar-refractivity contribution in [2.75, 3.05) is 13.6 Å². The Hall–Kier alpha value is -9.89. The van der Waals surface area contributed by atoms with Crippen LogP contribution in [0.25, 0.3) is 0 Å². The lowest BCUT2D eigenvalue weighted by molar-refractivity contribution is -0.387. The molecular weight excluding hydrogens is 1540 g/mol. The molecule has 3 fully saturated rings. The lowest BCUT2D eigenvalue weighted by Crippen LogP contribution is -2.61. The number of nitrogens with one attached hydrogen (secondary N) is 6. The van der Waals surface area contributed by atoms with Crippen molar-refractivity contribution in [1.29, 1.82) is 0 Å². The molecule has 39 heteroatoms. The maximum absolute atomic E-state index is 15.0. The molecule has 4 rings (SSSR count). The molecule has 2 heterocycles. The van der Waals surface area contributed by atoms with E-state index < -0.39 is 258 Å². The van der Waals surface area contributed by atoms with Crippen LogP contribution >= 0.6 is 0 Å². The van der Waals surface area contributed by atoms with Crippen molar-refractivity contribution in [1.82, 2.24) is 36.8 Å². The highest BCUT2D eigenvalue weighted by Crippen LogP contribution is 2.34. The smallest absolute Gasteiger partial charge is 0.409 e. The van der Waals surface area contributed by atoms with Gasteiger partial charge in [-0.25, -0.2) is 38.4 Å². The number of nitro groups is 1. The zero-order valence-electron chi connectivity index (χ0n) is 69.9. The van der Waals surface area contributed by atoms with E-state index in [1.54, 1.807) is 69.2 Å². The number of benzene rings is 1. The van der Waals surface area contributed by atoms with Crippen molar-refractivity contribution in [2.45, 2.75) is 305 Å². The third-order valence-electron chi connectivity index (χ3n) is 19.5. The second-order valence-corrected chi connectivity index (χ2v) is 32.3. The van der Waals surface area contributed by atoms with Crippen molar-refractivity contribution < 1.29 is 145 Å². The largest absolute Gasteiger partial charge is 0.479 e. The van der Waals surface area contributed by atoms with Crippen molar-refractivity contribution in [3.63, 3.8) is 0 Å². The molecule has 658 valence electrons. The Morgan fingerprint density at radius 1 is 0.521 bits per heavy atom. The Balaban J connectivity index is 1.72. The molecule has 18 atom stereocenters. The molecular formula is C78H120N8O31. The number of aliphatic hydroxyl groups is 3. The Labute approximate surface area is 679 Å². The number of carbonyl (C=O) groups excluding carboxylic acids is 14. The standard InChI is InChI=1S/C78H120N8O31/c1-35(2)30-50-67(94)81-54(37(5)6)71(99)110-43(16)64(91)79-57(40(11)12)74(102)114-51(31-36(3)4)68(95)82-55(38(7)8)72(100)112-45(18)66(93)84-59(76(104)115-52(33-46-24-21-20-22-25-46)69(96)83-56(39(9)10)73(101)111-44(17)65(92)80-58(41(13)14)75(103)113-50)42(15)109-53(87)26-23-29-85(19)78(105)108-34-47-27-28-49(48(32-47)86(106)107)116-77-62(90)60(88)61(89)63(117-77)70(97)98/h27-28,32,35-46,50-52,54-63,77,88-90H,20-26,29-31,33-34H2,1-19H3,(H,79,91)(H,80,92)(H,81,94)(H,82,95)(H,83,96)(H,84,93)(H,97,98)/t42-,43+,44+,45+,50-,51-,52-,54-,55-,56-,57+,58+,59+,60+,61+,62-,63+,77-/m1/s1. The van der Waals surface area contributed by atoms with E-state index in [2.05, 4.69) is 31.9 Å². The zero-order valence-corrected chi connectivity index (χ0v) is 69.9. The van der Waals surface area contributed by atoms with Gasteiger partial charge >= 0.3 is 59.5 Å². The van der Waals surface area contributed by atoms with Crippen LogP contribution in [0.3, 0.4) is 0 Å². The number of rotatable bonds is 23. The van der Waals surface area contributed by atoms with Gasteiger partial charge in [-0.15, -0.1) is 0 Å². The second-order valence-electron chi connectivity index (χ2n) is 32.3. The van der Waals surface area contributed by atoms with Crippen LogP contribution in [0.2, 0.25) is 0 Å². The Morgan fingerprint density at radius 2 is 0.897 bits per heavy atom. The monoisotopic (exact) mass is 1660 g/mol. The topological polar surface area (TPSA) is 548 Å². The molecule has 0 spiro atoms. The van der Waals surface area contributed by atoms with E-state index in [0.29, 0.717) is 12.8 Å². The van der Waals surface area contributed by atoms with Gasteiger partial charge in [0, 0.05) is 26.1 Å². The van der Waals surface area contributed by atoms with Crippen LogP contribution in [0.4, 0.5) is 10.5 Å². The minimum absolute atomic E-state index is 0.0236. The van der Waals surface area contributed by atoms with Gasteiger partial charge in [0.2, 0.25) is 6.29 Å². The Bertz CT molecular complexity index is 3640. The number of carboxylic acid groups (broad SMARTS) is 1. The van der Waals surface area contributed by atoms with Gasteiger partial charge < -0.3 is 105 Å². The van der Waals surface area contributed by atoms with Crippen molar-refractivity contribution in [3.8, 4) is 5.75 Å². The van der Waals surface area contributed by atoms with Crippen LogP contribution in [-0.4, -0.2) is 243 Å². The van der Waals surface area contributed by atoms with E-state index in [-0.39, 0.29) is 55.5 Å². The van der Waals surface area contributed by atoms with Crippen LogP contribution in [0.5, 0.6) is 5.75 Å². The van der Waals surface area contributed by atoms with E-state index >= 15 is 0 Å². The van der Waals surface area contributed by atoms with Gasteiger partial charge in [0.25, 0.3) is 35.4 Å². The molecule has 10 N–H and O–H groups in total. The average Bonchev–Trinajstić information content (AvgIpc) is 0.795. The number of carbonyl (C=O) groups is 15. The third kappa shape index (κ3) is 30.5. The van der Waals surface area contributed by atoms with Gasteiger partial charge in [-0.1, -0.05) is 135 Å². The van der Waals surface area contributed by atoms with Gasteiger partial charge in [0.1, 0.15) is 61.2 Å². The normalized spacial score (nSPS) is 28.0. The predicted octanol–water partition coefficient (Wildman–Crippen LogP) is 2.94. The summed E-state index contributed by atoms with van der Waals surface area (Å²) in [7, 11) is 1.28. The number of aliphatic carboxylic acids is 1. The molecule has 2 saturated heterocycles. The summed E-state index contributed by atoms with van der Waals surface area (Å²) in [6, 6.07) is -6.47. The van der Waals surface area contributed by atoms with Gasteiger partial charge in [0.15, 0.2) is 54.5 Å². The van der Waals surface area contributed by atoms with Crippen molar-refractivity contribution in [2.24, 2.45) is 47.3 Å². The number of amides is 7. The fraction of sp³-hybridized carbons (Fsp3) is 0.731. The number of ether oxygens (including phenoxy) is 10. The highest BCUT2D eigenvalue weighted by Gasteiger charge is 2.49. The lowest BCUT2D eigenvalue weighted by atomic mass is 9.85. The molecule has 2 aliphatic heterocycles. The number of carboxylic acids is 1. The number of cyclic esters (lactones) is 6. The summed E-state index contributed by atoms with van der Waals surface area (Å²) in [6.45, 7) is 26.2. The molecule has 0 unspecified atom stereocenters. The Morgan fingerprint density at radius 3 is 1.29 bits per heavy atom. The zero-order chi connectivity index (χ0) is 88.5. The summed E-state index contributed by atoms with van der Waals surface area (Å²) < 4.78 is 55.9. The summed E-state index contributed by atoms with van der Waals surface area (Å²) in [6.07, 6.45) is -20.7. The first kappa shape index (κ1) is 99.5. The van der Waals surface area contributed by atoms with Gasteiger partial charge in [-0.3, -0.25) is 43.7 Å². The molecule has 1 aromatic rings. The van der Waals surface area contributed by atoms with Gasteiger partial charge in [0.05, 0.1) is 4.92 Å². The molecule has 0 aromatic heterocycles. The fourth-order valence-electron chi connectivity index (χ4n) is 12.5. The quantitative estimate of drug-likeness (QED) is 0.0326. The Kier molecular flexibility index (Phi) is 39.4. The molecule has 1 aliphatic carbocycles.